The van der Waals surface area contributed by atoms with Crippen LogP contribution in [0.4, 0.5) is 0 Å². The van der Waals surface area contributed by atoms with Gasteiger partial charge in [0.25, 0.3) is 5.91 Å². The van der Waals surface area contributed by atoms with Crippen molar-refractivity contribution in [1.29, 1.82) is 0 Å². The fourth-order valence-electron chi connectivity index (χ4n) is 2.39. The van der Waals surface area contributed by atoms with Crippen molar-refractivity contribution >= 4 is 18.1 Å². The van der Waals surface area contributed by atoms with Crippen LogP contribution in [0.3, 0.4) is 0 Å². The minimum Gasteiger partial charge on any atom is -0.508 e. The number of nitrogens with zero attached hydrogens (tertiary/aromatic N) is 1. The van der Waals surface area contributed by atoms with E-state index in [1.165, 1.54) is 18.3 Å². The molecule has 0 heterocycles. The Kier molecular flexibility index (Phi) is 6.22. The van der Waals surface area contributed by atoms with Gasteiger partial charge in [-0.25, -0.2) is 10.2 Å². The number of hydrazone groups is 1. The lowest BCUT2D eigenvalue weighted by atomic mass is 10.2. The number of nitrogens with one attached hydrogen (secondary N) is 1. The molecule has 3 rings (SSSR count). The predicted molar refractivity (Wildman–Crippen MR) is 108 cm³/mol. The fraction of sp³-hybridized carbons (Fsp3) is 0.0455. The number of ether oxygens (including phenoxy) is 2. The third-order valence-electron chi connectivity index (χ3n) is 3.90. The molecule has 3 aromatic carbocycles. The maximum absolute atomic E-state index is 12.1. The Bertz CT molecular complexity index is 1030. The molecule has 7 nitrogen and oxygen atoms in total. The number of phenolic OH excluding ortho intramolecular Hbond substituents is 1. The van der Waals surface area contributed by atoms with Crippen LogP contribution in [0.1, 0.15) is 26.3 Å². The summed E-state index contributed by atoms with van der Waals surface area (Å²) in [6, 6.07) is 19.2. The molecule has 0 aliphatic rings. The number of methoxy groups -OCH3 is 1. The number of aromatic hydroxyl groups is 1. The van der Waals surface area contributed by atoms with E-state index in [0.717, 1.165) is 0 Å². The van der Waals surface area contributed by atoms with Crippen LogP contribution in [0.15, 0.2) is 77.9 Å². The molecule has 0 fully saturated rings. The summed E-state index contributed by atoms with van der Waals surface area (Å²) in [5, 5.41) is 13.3. The van der Waals surface area contributed by atoms with E-state index in [2.05, 4.69) is 10.5 Å². The van der Waals surface area contributed by atoms with Crippen molar-refractivity contribution in [2.24, 2.45) is 5.10 Å². The van der Waals surface area contributed by atoms with Crippen LogP contribution in [0, 0.1) is 0 Å². The zero-order valence-corrected chi connectivity index (χ0v) is 15.5. The van der Waals surface area contributed by atoms with Crippen LogP contribution >= 0.6 is 0 Å². The van der Waals surface area contributed by atoms with Crippen molar-refractivity contribution < 1.29 is 24.2 Å². The molecule has 0 saturated heterocycles. The number of rotatable bonds is 6. The van der Waals surface area contributed by atoms with Gasteiger partial charge < -0.3 is 14.6 Å². The summed E-state index contributed by atoms with van der Waals surface area (Å²) in [5.74, 6) is 0.115. The van der Waals surface area contributed by atoms with Gasteiger partial charge in [-0.05, 0) is 72.3 Å². The molecule has 0 atom stereocenters. The second-order valence-corrected chi connectivity index (χ2v) is 5.94. The normalized spacial score (nSPS) is 10.5. The Balaban J connectivity index is 1.56. The molecule has 0 aliphatic heterocycles. The lowest BCUT2D eigenvalue weighted by Gasteiger charge is -2.05. The summed E-state index contributed by atoms with van der Waals surface area (Å²) in [5.41, 5.74) is 3.78. The first-order valence-electron chi connectivity index (χ1n) is 8.64. The van der Waals surface area contributed by atoms with Gasteiger partial charge in [0.1, 0.15) is 17.2 Å². The SMILES string of the molecule is COc1ccc(C(=O)Oc2ccc(C=NNC(=O)c3cccc(O)c3)cc2)cc1. The first kappa shape index (κ1) is 19.6. The number of benzene rings is 3. The number of hydrogen-bond acceptors (Lipinski definition) is 6. The van der Waals surface area contributed by atoms with Crippen LogP contribution in [0.5, 0.6) is 17.2 Å². The first-order chi connectivity index (χ1) is 14.0. The molecule has 146 valence electrons. The molecule has 0 saturated carbocycles. The minimum atomic E-state index is -0.479. The molecule has 0 bridgehead atoms. The average molecular weight is 390 g/mol. The van der Waals surface area contributed by atoms with Crippen LogP contribution in [-0.2, 0) is 0 Å². The van der Waals surface area contributed by atoms with E-state index < -0.39 is 11.9 Å². The van der Waals surface area contributed by atoms with Gasteiger partial charge in [-0.2, -0.15) is 5.10 Å². The summed E-state index contributed by atoms with van der Waals surface area (Å²) >= 11 is 0. The Hall–Kier alpha value is -4.13. The minimum absolute atomic E-state index is 0.00130. The maximum atomic E-state index is 12.1. The van der Waals surface area contributed by atoms with Gasteiger partial charge in [0.05, 0.1) is 18.9 Å². The van der Waals surface area contributed by atoms with E-state index in [0.29, 0.717) is 28.2 Å². The quantitative estimate of drug-likeness (QED) is 0.291. The number of hydrogen-bond donors (Lipinski definition) is 2. The number of amides is 1. The molecule has 1 amide bonds. The van der Waals surface area contributed by atoms with Gasteiger partial charge >= 0.3 is 5.97 Å². The molecular weight excluding hydrogens is 372 g/mol. The molecule has 29 heavy (non-hydrogen) atoms. The largest absolute Gasteiger partial charge is 0.508 e. The van der Waals surface area contributed by atoms with Crippen molar-refractivity contribution in [1.82, 2.24) is 5.43 Å². The fourth-order valence-corrected chi connectivity index (χ4v) is 2.39. The Morgan fingerprint density at radius 1 is 0.931 bits per heavy atom. The highest BCUT2D eigenvalue weighted by Gasteiger charge is 2.09. The van der Waals surface area contributed by atoms with Gasteiger partial charge in [-0.15, -0.1) is 0 Å². The lowest BCUT2D eigenvalue weighted by molar-refractivity contribution is 0.0734. The van der Waals surface area contributed by atoms with E-state index in [9.17, 15) is 14.7 Å². The number of phenols is 1. The summed E-state index contributed by atoms with van der Waals surface area (Å²) < 4.78 is 10.4. The van der Waals surface area contributed by atoms with Gasteiger partial charge in [0.15, 0.2) is 0 Å². The molecular formula is C22H18N2O5. The predicted octanol–water partition coefficient (Wildman–Crippen LogP) is 3.38. The van der Waals surface area contributed by atoms with Crippen LogP contribution in [0.2, 0.25) is 0 Å². The van der Waals surface area contributed by atoms with E-state index in [1.54, 1.807) is 67.8 Å². The van der Waals surface area contributed by atoms with E-state index in [1.807, 2.05) is 0 Å². The highest BCUT2D eigenvalue weighted by atomic mass is 16.5. The number of carbonyl (C=O) groups excluding carboxylic acids is 2. The molecule has 0 aromatic heterocycles. The zero-order valence-electron chi connectivity index (χ0n) is 15.5. The topological polar surface area (TPSA) is 97.2 Å². The van der Waals surface area contributed by atoms with Crippen molar-refractivity contribution in [2.45, 2.75) is 0 Å². The third kappa shape index (κ3) is 5.43. The molecule has 0 radical (unpaired) electrons. The third-order valence-corrected chi connectivity index (χ3v) is 3.90. The van der Waals surface area contributed by atoms with Gasteiger partial charge in [0.2, 0.25) is 0 Å². The molecule has 3 aromatic rings. The second kappa shape index (κ2) is 9.18. The van der Waals surface area contributed by atoms with Crippen molar-refractivity contribution in [3.63, 3.8) is 0 Å². The molecule has 7 heteroatoms. The zero-order chi connectivity index (χ0) is 20.6. The number of carbonyl (C=O) groups is 2. The van der Waals surface area contributed by atoms with E-state index >= 15 is 0 Å². The second-order valence-electron chi connectivity index (χ2n) is 5.94. The van der Waals surface area contributed by atoms with Crippen LogP contribution in [-0.4, -0.2) is 30.3 Å². The highest BCUT2D eigenvalue weighted by molar-refractivity contribution is 5.95. The number of esters is 1. The monoisotopic (exact) mass is 390 g/mol. The Morgan fingerprint density at radius 2 is 1.62 bits per heavy atom. The van der Waals surface area contributed by atoms with Crippen LogP contribution < -0.4 is 14.9 Å². The van der Waals surface area contributed by atoms with E-state index in [4.69, 9.17) is 9.47 Å². The Morgan fingerprint density at radius 3 is 2.28 bits per heavy atom. The van der Waals surface area contributed by atoms with Crippen LogP contribution in [0.25, 0.3) is 0 Å². The molecule has 0 unspecified atom stereocenters. The summed E-state index contributed by atoms with van der Waals surface area (Å²) in [6.07, 6.45) is 1.45. The maximum Gasteiger partial charge on any atom is 0.343 e. The van der Waals surface area contributed by atoms with Gasteiger partial charge in [-0.3, -0.25) is 4.79 Å². The summed E-state index contributed by atoms with van der Waals surface area (Å²) in [7, 11) is 1.55. The molecule has 2 N–H and O–H groups in total. The lowest BCUT2D eigenvalue weighted by Crippen LogP contribution is -2.17. The molecule has 0 spiro atoms. The Labute approximate surface area is 167 Å². The van der Waals surface area contributed by atoms with Crippen molar-refractivity contribution in [3.05, 3.63) is 89.5 Å². The van der Waals surface area contributed by atoms with Gasteiger partial charge in [0, 0.05) is 5.56 Å². The van der Waals surface area contributed by atoms with E-state index in [-0.39, 0.29) is 5.75 Å². The standard InChI is InChI=1S/C22H18N2O5/c1-28-19-11-7-16(8-12-19)22(27)29-20-9-5-15(6-10-20)14-23-24-21(26)17-3-2-4-18(25)13-17/h2-14,25H,1H3,(H,24,26). The van der Waals surface area contributed by atoms with Crippen molar-refractivity contribution in [3.8, 4) is 17.2 Å². The highest BCUT2D eigenvalue weighted by Crippen LogP contribution is 2.16. The smallest absolute Gasteiger partial charge is 0.343 e. The molecule has 0 aliphatic carbocycles. The van der Waals surface area contributed by atoms with Gasteiger partial charge in [-0.1, -0.05) is 6.07 Å². The summed E-state index contributed by atoms with van der Waals surface area (Å²) in [6.45, 7) is 0. The van der Waals surface area contributed by atoms with Crippen molar-refractivity contribution in [2.75, 3.05) is 7.11 Å². The summed E-state index contributed by atoms with van der Waals surface area (Å²) in [4.78, 5) is 24.1. The average Bonchev–Trinajstić information content (AvgIpc) is 2.75. The first-order valence-corrected chi connectivity index (χ1v) is 8.64.